The highest BCUT2D eigenvalue weighted by Crippen LogP contribution is 2.38. The number of nitrogens with zero attached hydrogens (tertiary/aromatic N) is 1. The maximum atomic E-state index is 11.6. The highest BCUT2D eigenvalue weighted by atomic mass is 35.5. The fourth-order valence-corrected chi connectivity index (χ4v) is 2.63. The summed E-state index contributed by atoms with van der Waals surface area (Å²) in [4.78, 5) is 13.8. The monoisotopic (exact) mass is 281 g/mol. The Balaban J connectivity index is 2.32. The van der Waals surface area contributed by atoms with E-state index in [0.717, 1.165) is 42.9 Å². The van der Waals surface area contributed by atoms with Crippen LogP contribution in [0, 0.1) is 0 Å². The molecule has 0 saturated heterocycles. The lowest BCUT2D eigenvalue weighted by Gasteiger charge is -2.24. The molecule has 1 aliphatic rings. The van der Waals surface area contributed by atoms with E-state index in [1.807, 2.05) is 12.1 Å². The third-order valence-corrected chi connectivity index (χ3v) is 3.80. The summed E-state index contributed by atoms with van der Waals surface area (Å²) in [6.07, 6.45) is 2.26. The van der Waals surface area contributed by atoms with Gasteiger partial charge >= 0.3 is 0 Å². The Kier molecular flexibility index (Phi) is 4.32. The zero-order valence-corrected chi connectivity index (χ0v) is 12.1. The Morgan fingerprint density at radius 3 is 2.79 bits per heavy atom. The smallest absolute Gasteiger partial charge is 0.245 e. The van der Waals surface area contributed by atoms with E-state index in [1.54, 1.807) is 0 Å². The Hall–Kier alpha value is -1.26. The molecule has 1 aromatic rings. The third-order valence-electron chi connectivity index (χ3n) is 3.50. The van der Waals surface area contributed by atoms with Gasteiger partial charge in [-0.2, -0.15) is 0 Å². The summed E-state index contributed by atoms with van der Waals surface area (Å²) < 4.78 is 0. The van der Waals surface area contributed by atoms with E-state index in [0.29, 0.717) is 5.02 Å². The minimum atomic E-state index is -0.604. The summed E-state index contributed by atoms with van der Waals surface area (Å²) in [7, 11) is 0. The van der Waals surface area contributed by atoms with Crippen molar-refractivity contribution in [2.24, 2.45) is 5.73 Å². The van der Waals surface area contributed by atoms with Crippen LogP contribution in [0.25, 0.3) is 0 Å². The Morgan fingerprint density at radius 2 is 2.16 bits per heavy atom. The van der Waals surface area contributed by atoms with Crippen molar-refractivity contribution in [3.63, 3.8) is 0 Å². The number of benzene rings is 1. The molecule has 104 valence electrons. The maximum Gasteiger partial charge on any atom is 0.245 e. The van der Waals surface area contributed by atoms with Gasteiger partial charge in [0.1, 0.15) is 6.04 Å². The van der Waals surface area contributed by atoms with Gasteiger partial charge in [-0.05, 0) is 25.5 Å². The van der Waals surface area contributed by atoms with E-state index in [4.69, 9.17) is 17.3 Å². The summed E-state index contributed by atoms with van der Waals surface area (Å²) in [5, 5.41) is 3.46. The number of rotatable bonds is 5. The average Bonchev–Trinajstić information content (AvgIpc) is 2.66. The van der Waals surface area contributed by atoms with Crippen molar-refractivity contribution in [1.82, 2.24) is 0 Å². The summed E-state index contributed by atoms with van der Waals surface area (Å²) in [6.45, 7) is 6.12. The molecule has 4 nitrogen and oxygen atoms in total. The molecule has 19 heavy (non-hydrogen) atoms. The minimum Gasteiger partial charge on any atom is -0.371 e. The number of hydrogen-bond acceptors (Lipinski definition) is 3. The number of amides is 1. The number of nitrogens with one attached hydrogen (secondary N) is 1. The molecule has 0 spiro atoms. The number of nitrogens with two attached hydrogens (primary N) is 1. The van der Waals surface area contributed by atoms with E-state index in [-0.39, 0.29) is 5.91 Å². The molecule has 0 fully saturated rings. The Labute approximate surface area is 118 Å². The largest absolute Gasteiger partial charge is 0.371 e. The van der Waals surface area contributed by atoms with E-state index in [2.05, 4.69) is 24.1 Å². The number of anilines is 2. The van der Waals surface area contributed by atoms with Gasteiger partial charge in [-0.25, -0.2) is 0 Å². The number of carbonyl (C=O) groups is 1. The van der Waals surface area contributed by atoms with Crippen molar-refractivity contribution in [3.05, 3.63) is 22.7 Å². The van der Waals surface area contributed by atoms with Crippen molar-refractivity contribution in [2.45, 2.75) is 32.7 Å². The van der Waals surface area contributed by atoms with E-state index in [9.17, 15) is 4.79 Å². The predicted octanol–water partition coefficient (Wildman–Crippen LogP) is 2.92. The molecule has 3 N–H and O–H groups in total. The van der Waals surface area contributed by atoms with Gasteiger partial charge < -0.3 is 16.0 Å². The number of fused-ring (bicyclic) bond motifs is 1. The Morgan fingerprint density at radius 1 is 1.42 bits per heavy atom. The van der Waals surface area contributed by atoms with Crippen LogP contribution in [0.1, 0.15) is 38.3 Å². The van der Waals surface area contributed by atoms with Crippen molar-refractivity contribution in [3.8, 4) is 0 Å². The second kappa shape index (κ2) is 5.80. The van der Waals surface area contributed by atoms with Crippen molar-refractivity contribution >= 4 is 28.9 Å². The van der Waals surface area contributed by atoms with Gasteiger partial charge in [0.15, 0.2) is 0 Å². The zero-order chi connectivity index (χ0) is 14.0. The lowest BCUT2D eigenvalue weighted by Crippen LogP contribution is -2.24. The van der Waals surface area contributed by atoms with Crippen LogP contribution in [0.15, 0.2) is 12.1 Å². The highest BCUT2D eigenvalue weighted by molar-refractivity contribution is 6.33. The predicted molar refractivity (Wildman–Crippen MR) is 79.8 cm³/mol. The highest BCUT2D eigenvalue weighted by Gasteiger charge is 2.28. The van der Waals surface area contributed by atoms with Gasteiger partial charge in [0.05, 0.1) is 10.7 Å². The summed E-state index contributed by atoms with van der Waals surface area (Å²) in [5.74, 6) is -0.167. The standard InChI is InChI=1S/C14H20ClN3O/c1-3-5-6-18(4-2)12-8-11-9(7-10(12)15)13(16)14(19)17-11/h7-8,13H,3-6,16H2,1-2H3,(H,17,19). The van der Waals surface area contributed by atoms with Crippen LogP contribution >= 0.6 is 11.6 Å². The van der Waals surface area contributed by atoms with Gasteiger partial charge in [0.25, 0.3) is 0 Å². The van der Waals surface area contributed by atoms with Crippen molar-refractivity contribution < 1.29 is 4.79 Å². The van der Waals surface area contributed by atoms with Gasteiger partial charge in [-0.3, -0.25) is 4.79 Å². The second-order valence-electron chi connectivity index (χ2n) is 4.79. The molecule has 0 aliphatic carbocycles. The third kappa shape index (κ3) is 2.69. The second-order valence-corrected chi connectivity index (χ2v) is 5.20. The number of hydrogen-bond donors (Lipinski definition) is 2. The fourth-order valence-electron chi connectivity index (χ4n) is 2.33. The Bertz CT molecular complexity index is 490. The molecule has 1 aliphatic heterocycles. The summed E-state index contributed by atoms with van der Waals surface area (Å²) in [6, 6.07) is 3.14. The van der Waals surface area contributed by atoms with Crippen LogP contribution < -0.4 is 16.0 Å². The van der Waals surface area contributed by atoms with Crippen LogP contribution in [0.5, 0.6) is 0 Å². The molecule has 1 atom stereocenters. The normalized spacial score (nSPS) is 17.3. The van der Waals surface area contributed by atoms with Crippen molar-refractivity contribution in [2.75, 3.05) is 23.3 Å². The summed E-state index contributed by atoms with van der Waals surface area (Å²) in [5.41, 5.74) is 8.34. The fraction of sp³-hybridized carbons (Fsp3) is 0.500. The van der Waals surface area contributed by atoms with Crippen LogP contribution in [0.4, 0.5) is 11.4 Å². The maximum absolute atomic E-state index is 11.6. The van der Waals surface area contributed by atoms with Gasteiger partial charge in [0, 0.05) is 24.3 Å². The molecule has 0 aromatic heterocycles. The SMILES string of the molecule is CCCCN(CC)c1cc2c(cc1Cl)C(N)C(=O)N2. The lowest BCUT2D eigenvalue weighted by atomic mass is 10.1. The molecular formula is C14H20ClN3O. The van der Waals surface area contributed by atoms with E-state index >= 15 is 0 Å². The number of carbonyl (C=O) groups excluding carboxylic acids is 1. The molecule has 5 heteroatoms. The van der Waals surface area contributed by atoms with E-state index in [1.165, 1.54) is 0 Å². The number of halogens is 1. The summed E-state index contributed by atoms with van der Waals surface area (Å²) >= 11 is 6.34. The van der Waals surface area contributed by atoms with Crippen LogP contribution in [-0.2, 0) is 4.79 Å². The molecule has 1 unspecified atom stereocenters. The molecule has 1 heterocycles. The molecule has 0 radical (unpaired) electrons. The van der Waals surface area contributed by atoms with Gasteiger partial charge in [-0.15, -0.1) is 0 Å². The number of unbranched alkanes of at least 4 members (excludes halogenated alkanes) is 1. The quantitative estimate of drug-likeness (QED) is 0.872. The van der Waals surface area contributed by atoms with Crippen LogP contribution in [-0.4, -0.2) is 19.0 Å². The molecule has 0 bridgehead atoms. The van der Waals surface area contributed by atoms with Crippen molar-refractivity contribution in [1.29, 1.82) is 0 Å². The molecule has 1 aromatic carbocycles. The average molecular weight is 282 g/mol. The first kappa shape index (κ1) is 14.2. The van der Waals surface area contributed by atoms with Crippen LogP contribution in [0.3, 0.4) is 0 Å². The molecule has 2 rings (SSSR count). The lowest BCUT2D eigenvalue weighted by molar-refractivity contribution is -0.116. The van der Waals surface area contributed by atoms with Gasteiger partial charge in [0.2, 0.25) is 5.91 Å². The first-order valence-electron chi connectivity index (χ1n) is 6.73. The first-order chi connectivity index (χ1) is 9.08. The topological polar surface area (TPSA) is 58.4 Å². The van der Waals surface area contributed by atoms with Gasteiger partial charge in [-0.1, -0.05) is 24.9 Å². The van der Waals surface area contributed by atoms with Crippen LogP contribution in [0.2, 0.25) is 5.02 Å². The molecule has 1 amide bonds. The zero-order valence-electron chi connectivity index (χ0n) is 11.4. The van der Waals surface area contributed by atoms with E-state index < -0.39 is 6.04 Å². The molecular weight excluding hydrogens is 262 g/mol. The minimum absolute atomic E-state index is 0.167. The molecule has 0 saturated carbocycles. The first-order valence-corrected chi connectivity index (χ1v) is 7.11.